The van der Waals surface area contributed by atoms with Crippen molar-refractivity contribution >= 4 is 34.8 Å². The molecule has 3 rings (SSSR count). The summed E-state index contributed by atoms with van der Waals surface area (Å²) < 4.78 is 13.1. The van der Waals surface area contributed by atoms with Crippen molar-refractivity contribution in [2.45, 2.75) is 32.8 Å². The van der Waals surface area contributed by atoms with Crippen molar-refractivity contribution in [3.8, 4) is 0 Å². The molecule has 0 spiro atoms. The van der Waals surface area contributed by atoms with Gasteiger partial charge >= 0.3 is 0 Å². The first kappa shape index (κ1) is 20.8. The largest absolute Gasteiger partial charge is 0.382 e. The fraction of sp³-hybridized carbons (Fsp3) is 0.286. The second-order valence-electron chi connectivity index (χ2n) is 6.73. The van der Waals surface area contributed by atoms with Crippen LogP contribution in [0.15, 0.2) is 41.6 Å². The van der Waals surface area contributed by atoms with Gasteiger partial charge in [0.25, 0.3) is 11.8 Å². The average Bonchev–Trinajstić information content (AvgIpc) is 3.18. The molecule has 2 N–H and O–H groups in total. The Labute approximate surface area is 173 Å². The van der Waals surface area contributed by atoms with Gasteiger partial charge in [0.05, 0.1) is 17.0 Å². The summed E-state index contributed by atoms with van der Waals surface area (Å²) in [6.45, 7) is 4.22. The van der Waals surface area contributed by atoms with Crippen molar-refractivity contribution in [2.24, 2.45) is 5.16 Å². The van der Waals surface area contributed by atoms with Gasteiger partial charge in [0.2, 0.25) is 6.10 Å². The van der Waals surface area contributed by atoms with Crippen LogP contribution in [0.5, 0.6) is 0 Å². The minimum absolute atomic E-state index is 0.238. The zero-order valence-electron chi connectivity index (χ0n) is 16.1. The van der Waals surface area contributed by atoms with Crippen LogP contribution in [-0.4, -0.2) is 30.2 Å². The second-order valence-corrected chi connectivity index (χ2v) is 7.17. The van der Waals surface area contributed by atoms with Gasteiger partial charge in [-0.3, -0.25) is 9.59 Å². The van der Waals surface area contributed by atoms with E-state index in [1.807, 2.05) is 6.92 Å². The average molecular weight is 418 g/mol. The van der Waals surface area contributed by atoms with E-state index < -0.39 is 12.0 Å². The minimum Gasteiger partial charge on any atom is -0.382 e. The number of hydrogen-bond donors (Lipinski definition) is 2. The van der Waals surface area contributed by atoms with Crippen LogP contribution in [0.4, 0.5) is 10.1 Å². The zero-order valence-corrected chi connectivity index (χ0v) is 16.8. The number of rotatable bonds is 6. The Morgan fingerprint density at radius 2 is 2.00 bits per heavy atom. The molecule has 1 atom stereocenters. The first-order valence-corrected chi connectivity index (χ1v) is 9.64. The van der Waals surface area contributed by atoms with E-state index >= 15 is 0 Å². The van der Waals surface area contributed by atoms with Crippen LogP contribution in [0.1, 0.15) is 41.3 Å². The Kier molecular flexibility index (Phi) is 6.49. The van der Waals surface area contributed by atoms with Gasteiger partial charge in [0.15, 0.2) is 0 Å². The summed E-state index contributed by atoms with van der Waals surface area (Å²) in [5.41, 5.74) is 2.56. The first-order chi connectivity index (χ1) is 13.9. The number of oxime groups is 1. The van der Waals surface area contributed by atoms with Crippen LogP contribution >= 0.6 is 11.6 Å². The molecule has 2 aromatic carbocycles. The van der Waals surface area contributed by atoms with Gasteiger partial charge in [-0.05, 0) is 48.7 Å². The summed E-state index contributed by atoms with van der Waals surface area (Å²) in [6.07, 6.45) is 0.171. The smallest absolute Gasteiger partial charge is 0.268 e. The molecule has 1 aliphatic rings. The molecule has 0 radical (unpaired) electrons. The van der Waals surface area contributed by atoms with E-state index in [2.05, 4.69) is 15.8 Å². The van der Waals surface area contributed by atoms with E-state index in [-0.39, 0.29) is 23.7 Å². The van der Waals surface area contributed by atoms with Gasteiger partial charge in [0.1, 0.15) is 5.82 Å². The highest BCUT2D eigenvalue weighted by Crippen LogP contribution is 2.27. The normalized spacial score (nSPS) is 15.4. The summed E-state index contributed by atoms with van der Waals surface area (Å²) in [7, 11) is 0. The fourth-order valence-electron chi connectivity index (χ4n) is 2.96. The van der Waals surface area contributed by atoms with Gasteiger partial charge in [-0.1, -0.05) is 35.8 Å². The number of amides is 2. The summed E-state index contributed by atoms with van der Waals surface area (Å²) in [6, 6.07) is 9.00. The molecule has 152 valence electrons. The van der Waals surface area contributed by atoms with Gasteiger partial charge in [-0.2, -0.15) is 0 Å². The van der Waals surface area contributed by atoms with E-state index in [4.69, 9.17) is 16.4 Å². The van der Waals surface area contributed by atoms with Crippen LogP contribution in [0.3, 0.4) is 0 Å². The summed E-state index contributed by atoms with van der Waals surface area (Å²) >= 11 is 6.10. The van der Waals surface area contributed by atoms with E-state index in [1.165, 1.54) is 18.2 Å². The van der Waals surface area contributed by atoms with Crippen LogP contribution in [0.25, 0.3) is 0 Å². The van der Waals surface area contributed by atoms with E-state index in [0.29, 0.717) is 34.1 Å². The number of hydrogen-bond acceptors (Lipinski definition) is 4. The molecule has 0 bridgehead atoms. The highest BCUT2D eigenvalue weighted by Gasteiger charge is 2.30. The van der Waals surface area contributed by atoms with Gasteiger partial charge in [-0.25, -0.2) is 4.39 Å². The third-order valence-corrected chi connectivity index (χ3v) is 4.69. The number of anilines is 1. The lowest BCUT2D eigenvalue weighted by Crippen LogP contribution is -2.31. The number of nitrogens with zero attached hydrogens (tertiary/aromatic N) is 1. The Balaban J connectivity index is 1.74. The molecule has 8 heteroatoms. The molecular weight excluding hydrogens is 397 g/mol. The Bertz CT molecular complexity index is 960. The Morgan fingerprint density at radius 3 is 2.69 bits per heavy atom. The lowest BCUT2D eigenvalue weighted by Gasteiger charge is -2.16. The van der Waals surface area contributed by atoms with Crippen molar-refractivity contribution in [3.05, 3.63) is 63.9 Å². The molecule has 0 aliphatic carbocycles. The molecule has 2 amide bonds. The molecule has 0 fully saturated rings. The number of carbonyl (C=O) groups is 2. The maximum Gasteiger partial charge on any atom is 0.268 e. The third kappa shape index (κ3) is 4.92. The SMILES string of the molecule is CCCNC(=O)c1cc(Cl)cc(C)c1NC(=O)C1CC(c2ccc(F)cc2)=NO1. The van der Waals surface area contributed by atoms with Crippen LogP contribution in [0.2, 0.25) is 5.02 Å². The molecule has 0 saturated heterocycles. The van der Waals surface area contributed by atoms with E-state index in [0.717, 1.165) is 6.42 Å². The molecule has 2 aromatic rings. The second kappa shape index (κ2) is 9.05. The number of carbonyl (C=O) groups excluding carboxylic acids is 2. The van der Waals surface area contributed by atoms with Crippen LogP contribution in [0, 0.1) is 12.7 Å². The fourth-order valence-corrected chi connectivity index (χ4v) is 3.23. The lowest BCUT2D eigenvalue weighted by molar-refractivity contribution is -0.125. The molecule has 6 nitrogen and oxygen atoms in total. The predicted molar refractivity (Wildman–Crippen MR) is 110 cm³/mol. The molecule has 29 heavy (non-hydrogen) atoms. The quantitative estimate of drug-likeness (QED) is 0.743. The number of aryl methyl sites for hydroxylation is 1. The Morgan fingerprint density at radius 1 is 1.28 bits per heavy atom. The maximum absolute atomic E-state index is 13.1. The van der Waals surface area contributed by atoms with Crippen molar-refractivity contribution in [1.82, 2.24) is 5.32 Å². The molecule has 1 aliphatic heterocycles. The lowest BCUT2D eigenvalue weighted by atomic mass is 10.0. The standard InChI is InChI=1S/C21H21ClFN3O3/c1-3-8-24-20(27)16-10-14(22)9-12(2)19(16)25-21(28)18-11-17(26-29-18)13-4-6-15(23)7-5-13/h4-7,9-10,18H,3,8,11H2,1-2H3,(H,24,27)(H,25,28). The number of benzene rings is 2. The Hall–Kier alpha value is -2.93. The van der Waals surface area contributed by atoms with E-state index in [9.17, 15) is 14.0 Å². The summed E-state index contributed by atoms with van der Waals surface area (Å²) in [5.74, 6) is -1.10. The minimum atomic E-state index is -0.850. The highest BCUT2D eigenvalue weighted by atomic mass is 35.5. The monoisotopic (exact) mass is 417 g/mol. The van der Waals surface area contributed by atoms with Crippen molar-refractivity contribution in [1.29, 1.82) is 0 Å². The summed E-state index contributed by atoms with van der Waals surface area (Å²) in [5, 5.41) is 9.91. The van der Waals surface area contributed by atoms with Crippen molar-refractivity contribution < 1.29 is 18.8 Å². The topological polar surface area (TPSA) is 79.8 Å². The first-order valence-electron chi connectivity index (χ1n) is 9.27. The summed E-state index contributed by atoms with van der Waals surface area (Å²) in [4.78, 5) is 30.5. The zero-order chi connectivity index (χ0) is 21.0. The predicted octanol–water partition coefficient (Wildman–Crippen LogP) is 4.06. The van der Waals surface area contributed by atoms with Gasteiger partial charge in [-0.15, -0.1) is 0 Å². The molecule has 1 heterocycles. The van der Waals surface area contributed by atoms with Crippen molar-refractivity contribution in [2.75, 3.05) is 11.9 Å². The van der Waals surface area contributed by atoms with Crippen molar-refractivity contribution in [3.63, 3.8) is 0 Å². The molecule has 1 unspecified atom stereocenters. The molecular formula is C21H21ClFN3O3. The van der Waals surface area contributed by atoms with E-state index in [1.54, 1.807) is 25.1 Å². The highest BCUT2D eigenvalue weighted by molar-refractivity contribution is 6.31. The van der Waals surface area contributed by atoms with Crippen LogP contribution < -0.4 is 10.6 Å². The number of nitrogens with one attached hydrogen (secondary N) is 2. The van der Waals surface area contributed by atoms with Crippen LogP contribution in [-0.2, 0) is 9.63 Å². The third-order valence-electron chi connectivity index (χ3n) is 4.47. The maximum atomic E-state index is 13.1. The molecule has 0 saturated carbocycles. The molecule has 0 aromatic heterocycles. The van der Waals surface area contributed by atoms with Gasteiger partial charge < -0.3 is 15.5 Å². The van der Waals surface area contributed by atoms with Gasteiger partial charge in [0, 0.05) is 18.0 Å². The number of halogens is 2.